The van der Waals surface area contributed by atoms with Gasteiger partial charge in [-0.3, -0.25) is 0 Å². The number of unbranched alkanes of at least 4 members (excludes halogenated alkanes) is 1. The van der Waals surface area contributed by atoms with Gasteiger partial charge in [-0.1, -0.05) is 60.7 Å². The van der Waals surface area contributed by atoms with Crippen molar-refractivity contribution < 1.29 is 0 Å². The summed E-state index contributed by atoms with van der Waals surface area (Å²) in [5.74, 6) is 0. The summed E-state index contributed by atoms with van der Waals surface area (Å²) in [5, 5.41) is 0. The van der Waals surface area contributed by atoms with Crippen LogP contribution in [0.3, 0.4) is 0 Å². The first-order valence-electron chi connectivity index (χ1n) is 8.19. The first kappa shape index (κ1) is 16.7. The number of hydrogen-bond donors (Lipinski definition) is 0. The summed E-state index contributed by atoms with van der Waals surface area (Å²) < 4.78 is 0. The fourth-order valence-electron chi connectivity index (χ4n) is 2.71. The third kappa shape index (κ3) is 6.42. The Balaban J connectivity index is 1.58. The zero-order valence-corrected chi connectivity index (χ0v) is 13.9. The SMILES string of the molecule is CN(CCCCN(C)Cc1ccccc1)Cc1ccccc1. The first-order valence-corrected chi connectivity index (χ1v) is 8.19. The lowest BCUT2D eigenvalue weighted by Gasteiger charge is -2.19. The van der Waals surface area contributed by atoms with Crippen LogP contribution in [0, 0.1) is 0 Å². The molecule has 22 heavy (non-hydrogen) atoms. The van der Waals surface area contributed by atoms with E-state index >= 15 is 0 Å². The van der Waals surface area contributed by atoms with Gasteiger partial charge in [0.25, 0.3) is 0 Å². The molecule has 0 spiro atoms. The molecule has 0 amide bonds. The quantitative estimate of drug-likeness (QED) is 0.645. The molecular weight excluding hydrogens is 268 g/mol. The molecule has 0 atom stereocenters. The maximum atomic E-state index is 2.41. The highest BCUT2D eigenvalue weighted by molar-refractivity contribution is 5.15. The van der Waals surface area contributed by atoms with E-state index < -0.39 is 0 Å². The van der Waals surface area contributed by atoms with Crippen molar-refractivity contribution in [3.63, 3.8) is 0 Å². The van der Waals surface area contributed by atoms with E-state index in [9.17, 15) is 0 Å². The van der Waals surface area contributed by atoms with Crippen molar-refractivity contribution in [2.75, 3.05) is 27.2 Å². The molecule has 0 saturated carbocycles. The van der Waals surface area contributed by atoms with Crippen LogP contribution < -0.4 is 0 Å². The minimum Gasteiger partial charge on any atom is -0.302 e. The molecule has 0 aromatic heterocycles. The van der Waals surface area contributed by atoms with Crippen LogP contribution in [0.5, 0.6) is 0 Å². The summed E-state index contributed by atoms with van der Waals surface area (Å²) in [6.45, 7) is 4.41. The van der Waals surface area contributed by atoms with Crippen LogP contribution in [0.1, 0.15) is 24.0 Å². The molecule has 2 nitrogen and oxygen atoms in total. The Morgan fingerprint density at radius 1 is 0.591 bits per heavy atom. The highest BCUT2D eigenvalue weighted by Crippen LogP contribution is 2.06. The van der Waals surface area contributed by atoms with Gasteiger partial charge in [-0.25, -0.2) is 0 Å². The topological polar surface area (TPSA) is 6.48 Å². The third-order valence-electron chi connectivity index (χ3n) is 3.92. The van der Waals surface area contributed by atoms with Gasteiger partial charge in [-0.05, 0) is 51.2 Å². The van der Waals surface area contributed by atoms with Crippen LogP contribution >= 0.6 is 0 Å². The molecule has 2 heteroatoms. The molecule has 0 aliphatic carbocycles. The van der Waals surface area contributed by atoms with Crippen LogP contribution in [0.2, 0.25) is 0 Å². The number of benzene rings is 2. The Labute approximate surface area is 135 Å². The van der Waals surface area contributed by atoms with E-state index in [1.807, 2.05) is 0 Å². The summed E-state index contributed by atoms with van der Waals surface area (Å²) in [6, 6.07) is 21.4. The van der Waals surface area contributed by atoms with Gasteiger partial charge in [0.2, 0.25) is 0 Å². The molecule has 2 aromatic rings. The Morgan fingerprint density at radius 3 is 1.32 bits per heavy atom. The molecule has 0 fully saturated rings. The smallest absolute Gasteiger partial charge is 0.0230 e. The van der Waals surface area contributed by atoms with Crippen LogP contribution in [-0.4, -0.2) is 37.0 Å². The first-order chi connectivity index (χ1) is 10.7. The van der Waals surface area contributed by atoms with E-state index in [4.69, 9.17) is 0 Å². The zero-order chi connectivity index (χ0) is 15.6. The average Bonchev–Trinajstić information content (AvgIpc) is 2.53. The molecule has 0 bridgehead atoms. The monoisotopic (exact) mass is 296 g/mol. The second-order valence-electron chi connectivity index (χ2n) is 6.15. The summed E-state index contributed by atoms with van der Waals surface area (Å²) in [4.78, 5) is 4.82. The highest BCUT2D eigenvalue weighted by atomic mass is 15.1. The average molecular weight is 296 g/mol. The van der Waals surface area contributed by atoms with Crippen molar-refractivity contribution in [3.8, 4) is 0 Å². The molecule has 0 aliphatic heterocycles. The van der Waals surface area contributed by atoms with Crippen molar-refractivity contribution in [2.24, 2.45) is 0 Å². The van der Waals surface area contributed by atoms with E-state index in [1.165, 1.54) is 24.0 Å². The molecule has 0 saturated heterocycles. The highest BCUT2D eigenvalue weighted by Gasteiger charge is 2.02. The van der Waals surface area contributed by atoms with Crippen LogP contribution in [-0.2, 0) is 13.1 Å². The van der Waals surface area contributed by atoms with E-state index in [0.717, 1.165) is 26.2 Å². The summed E-state index contributed by atoms with van der Waals surface area (Å²) >= 11 is 0. The van der Waals surface area contributed by atoms with Gasteiger partial charge in [0.1, 0.15) is 0 Å². The molecule has 0 aliphatic rings. The summed E-state index contributed by atoms with van der Waals surface area (Å²) in [7, 11) is 4.42. The Bertz CT molecular complexity index is 460. The van der Waals surface area contributed by atoms with Crippen molar-refractivity contribution >= 4 is 0 Å². The molecule has 2 aromatic carbocycles. The van der Waals surface area contributed by atoms with E-state index in [0.29, 0.717) is 0 Å². The minimum absolute atomic E-state index is 1.04. The molecule has 0 N–H and O–H groups in total. The van der Waals surface area contributed by atoms with E-state index in [2.05, 4.69) is 84.6 Å². The van der Waals surface area contributed by atoms with Crippen molar-refractivity contribution in [1.29, 1.82) is 0 Å². The lowest BCUT2D eigenvalue weighted by Crippen LogP contribution is -2.22. The van der Waals surface area contributed by atoms with E-state index in [1.54, 1.807) is 0 Å². The van der Waals surface area contributed by atoms with Gasteiger partial charge >= 0.3 is 0 Å². The maximum absolute atomic E-state index is 2.41. The van der Waals surface area contributed by atoms with Crippen molar-refractivity contribution in [3.05, 3.63) is 71.8 Å². The Hall–Kier alpha value is -1.64. The maximum Gasteiger partial charge on any atom is 0.0230 e. The number of hydrogen-bond acceptors (Lipinski definition) is 2. The second kappa shape index (κ2) is 9.39. The summed E-state index contributed by atoms with van der Waals surface area (Å²) in [5.41, 5.74) is 2.79. The van der Waals surface area contributed by atoms with Gasteiger partial charge in [-0.2, -0.15) is 0 Å². The molecule has 118 valence electrons. The molecule has 0 heterocycles. The lowest BCUT2D eigenvalue weighted by atomic mass is 10.2. The zero-order valence-electron chi connectivity index (χ0n) is 13.9. The van der Waals surface area contributed by atoms with Gasteiger partial charge < -0.3 is 9.80 Å². The molecule has 0 radical (unpaired) electrons. The van der Waals surface area contributed by atoms with Gasteiger partial charge in [0.05, 0.1) is 0 Å². The van der Waals surface area contributed by atoms with Crippen LogP contribution in [0.4, 0.5) is 0 Å². The van der Waals surface area contributed by atoms with Gasteiger partial charge in [0.15, 0.2) is 0 Å². The Morgan fingerprint density at radius 2 is 0.955 bits per heavy atom. The van der Waals surface area contributed by atoms with Crippen molar-refractivity contribution in [1.82, 2.24) is 9.80 Å². The van der Waals surface area contributed by atoms with Gasteiger partial charge in [-0.15, -0.1) is 0 Å². The lowest BCUT2D eigenvalue weighted by molar-refractivity contribution is 0.285. The molecule has 0 unspecified atom stereocenters. The molecular formula is C20H28N2. The fraction of sp³-hybridized carbons (Fsp3) is 0.400. The Kier molecular flexibility index (Phi) is 7.14. The third-order valence-corrected chi connectivity index (χ3v) is 3.92. The second-order valence-corrected chi connectivity index (χ2v) is 6.15. The van der Waals surface area contributed by atoms with Crippen molar-refractivity contribution in [2.45, 2.75) is 25.9 Å². The fourth-order valence-corrected chi connectivity index (χ4v) is 2.71. The number of rotatable bonds is 9. The van der Waals surface area contributed by atoms with Gasteiger partial charge in [0, 0.05) is 13.1 Å². The normalized spacial score (nSPS) is 11.3. The summed E-state index contributed by atoms with van der Waals surface area (Å²) in [6.07, 6.45) is 2.50. The minimum atomic E-state index is 1.04. The van der Waals surface area contributed by atoms with Crippen LogP contribution in [0.15, 0.2) is 60.7 Å². The standard InChI is InChI=1S/C20H28N2/c1-21(17-19-11-5-3-6-12-19)15-9-10-16-22(2)18-20-13-7-4-8-14-20/h3-8,11-14H,9-10,15-18H2,1-2H3. The van der Waals surface area contributed by atoms with E-state index in [-0.39, 0.29) is 0 Å². The number of nitrogens with zero attached hydrogens (tertiary/aromatic N) is 2. The predicted molar refractivity (Wildman–Crippen MR) is 94.8 cm³/mol. The molecule has 2 rings (SSSR count). The van der Waals surface area contributed by atoms with Crippen LogP contribution in [0.25, 0.3) is 0 Å². The predicted octanol–water partition coefficient (Wildman–Crippen LogP) is 4.03. The largest absolute Gasteiger partial charge is 0.302 e.